The summed E-state index contributed by atoms with van der Waals surface area (Å²) in [4.78, 5) is 18.2. The second kappa shape index (κ2) is 5.13. The molecule has 6 heteroatoms. The number of H-pyrrole nitrogens is 1. The molecule has 0 spiro atoms. The highest BCUT2D eigenvalue weighted by Crippen LogP contribution is 2.34. The molecule has 0 aromatic carbocycles. The van der Waals surface area contributed by atoms with Gasteiger partial charge in [0.1, 0.15) is 0 Å². The fourth-order valence-electron chi connectivity index (χ4n) is 2.27. The Bertz CT molecular complexity index is 579. The number of aryl methyl sites for hydroxylation is 2. The maximum absolute atomic E-state index is 11.5. The predicted octanol–water partition coefficient (Wildman–Crippen LogP) is 2.59. The molecule has 0 aliphatic heterocycles. The molecule has 0 fully saturated rings. The molecule has 0 bridgehead atoms. The van der Waals surface area contributed by atoms with E-state index in [1.165, 1.54) is 23.3 Å². The van der Waals surface area contributed by atoms with Gasteiger partial charge in [0, 0.05) is 4.88 Å². The summed E-state index contributed by atoms with van der Waals surface area (Å²) in [5.74, 6) is 0.275. The zero-order valence-corrected chi connectivity index (χ0v) is 11.5. The maximum Gasteiger partial charge on any atom is 0.378 e. The van der Waals surface area contributed by atoms with Crippen molar-refractivity contribution in [3.05, 3.63) is 22.3 Å². The molecule has 0 unspecified atom stereocenters. The molecule has 2 heterocycles. The van der Waals surface area contributed by atoms with E-state index in [4.69, 9.17) is 4.74 Å². The molecule has 19 heavy (non-hydrogen) atoms. The number of nitrogens with zero attached hydrogens (tertiary/aromatic N) is 2. The van der Waals surface area contributed by atoms with Gasteiger partial charge in [-0.15, -0.1) is 16.4 Å². The van der Waals surface area contributed by atoms with Crippen LogP contribution in [0, 0.1) is 0 Å². The fraction of sp³-hybridized carbons (Fsp3) is 0.462. The van der Waals surface area contributed by atoms with Gasteiger partial charge in [-0.05, 0) is 44.2 Å². The molecular weight excluding hydrogens is 262 g/mol. The van der Waals surface area contributed by atoms with E-state index in [9.17, 15) is 4.79 Å². The van der Waals surface area contributed by atoms with E-state index in [0.717, 1.165) is 17.7 Å². The Morgan fingerprint density at radius 2 is 2.32 bits per heavy atom. The standard InChI is InChI=1S/C13H15N3O2S/c1-2-18-13(17)12-14-11(15-16-12)10-7-8-5-3-4-6-9(8)19-10/h7H,2-6H2,1H3,(H,14,15,16). The van der Waals surface area contributed by atoms with Crippen molar-refractivity contribution in [2.75, 3.05) is 6.61 Å². The molecule has 0 atom stereocenters. The lowest BCUT2D eigenvalue weighted by atomic mass is 9.99. The van der Waals surface area contributed by atoms with E-state index in [0.29, 0.717) is 12.4 Å². The molecule has 2 aromatic rings. The fourth-order valence-corrected chi connectivity index (χ4v) is 3.46. The van der Waals surface area contributed by atoms with E-state index in [1.807, 2.05) is 0 Å². The molecule has 5 nitrogen and oxygen atoms in total. The smallest absolute Gasteiger partial charge is 0.378 e. The van der Waals surface area contributed by atoms with Gasteiger partial charge in [-0.1, -0.05) is 0 Å². The molecule has 0 radical (unpaired) electrons. The molecule has 3 rings (SSSR count). The van der Waals surface area contributed by atoms with Crippen LogP contribution in [0.5, 0.6) is 0 Å². The Labute approximate surface area is 115 Å². The topological polar surface area (TPSA) is 67.9 Å². The molecule has 1 aliphatic carbocycles. The number of thiophene rings is 1. The highest BCUT2D eigenvalue weighted by atomic mass is 32.1. The van der Waals surface area contributed by atoms with Gasteiger partial charge in [-0.25, -0.2) is 9.78 Å². The second-order valence-corrected chi connectivity index (χ2v) is 5.63. The first-order valence-corrected chi connectivity index (χ1v) is 7.31. The minimum Gasteiger partial charge on any atom is -0.460 e. The Morgan fingerprint density at radius 1 is 1.47 bits per heavy atom. The summed E-state index contributed by atoms with van der Waals surface area (Å²) in [5, 5.41) is 6.73. The molecular formula is C13H15N3O2S. The number of rotatable bonds is 3. The molecule has 0 amide bonds. The third-order valence-electron chi connectivity index (χ3n) is 3.17. The SMILES string of the molecule is CCOC(=O)c1n[nH]c(-c2cc3c(s2)CCCC3)n1. The summed E-state index contributed by atoms with van der Waals surface area (Å²) in [6.07, 6.45) is 4.81. The van der Waals surface area contributed by atoms with Crippen LogP contribution in [0.1, 0.15) is 40.8 Å². The van der Waals surface area contributed by atoms with Crippen LogP contribution in [0.2, 0.25) is 0 Å². The van der Waals surface area contributed by atoms with Gasteiger partial charge in [-0.3, -0.25) is 5.10 Å². The number of nitrogens with one attached hydrogen (secondary N) is 1. The first-order valence-electron chi connectivity index (χ1n) is 6.49. The lowest BCUT2D eigenvalue weighted by molar-refractivity contribution is 0.0512. The quantitative estimate of drug-likeness (QED) is 0.876. The van der Waals surface area contributed by atoms with Crippen LogP contribution in [0.4, 0.5) is 0 Å². The minimum absolute atomic E-state index is 0.100. The van der Waals surface area contributed by atoms with Crippen LogP contribution in [-0.2, 0) is 17.6 Å². The van der Waals surface area contributed by atoms with Crippen LogP contribution in [0.15, 0.2) is 6.07 Å². The Hall–Kier alpha value is -1.69. The number of hydrogen-bond acceptors (Lipinski definition) is 5. The molecule has 100 valence electrons. The molecule has 1 aliphatic rings. The van der Waals surface area contributed by atoms with Crippen LogP contribution in [0.3, 0.4) is 0 Å². The van der Waals surface area contributed by atoms with E-state index in [1.54, 1.807) is 18.3 Å². The molecule has 0 saturated heterocycles. The van der Waals surface area contributed by atoms with Crippen LogP contribution in [-0.4, -0.2) is 27.8 Å². The molecule has 2 aromatic heterocycles. The first kappa shape index (κ1) is 12.3. The van der Waals surface area contributed by atoms with E-state index < -0.39 is 5.97 Å². The number of fused-ring (bicyclic) bond motifs is 1. The molecule has 0 saturated carbocycles. The summed E-state index contributed by atoms with van der Waals surface area (Å²) < 4.78 is 4.88. The highest BCUT2D eigenvalue weighted by molar-refractivity contribution is 7.15. The van der Waals surface area contributed by atoms with E-state index in [2.05, 4.69) is 21.2 Å². The van der Waals surface area contributed by atoms with Gasteiger partial charge in [0.2, 0.25) is 0 Å². The van der Waals surface area contributed by atoms with E-state index >= 15 is 0 Å². The Morgan fingerprint density at radius 3 is 3.11 bits per heavy atom. The minimum atomic E-state index is -0.480. The second-order valence-electron chi connectivity index (χ2n) is 4.49. The first-order chi connectivity index (χ1) is 9.28. The Balaban J connectivity index is 1.86. The van der Waals surface area contributed by atoms with Crippen molar-refractivity contribution in [3.63, 3.8) is 0 Å². The highest BCUT2D eigenvalue weighted by Gasteiger charge is 2.18. The van der Waals surface area contributed by atoms with Crippen molar-refractivity contribution in [1.29, 1.82) is 0 Å². The number of ether oxygens (including phenoxy) is 1. The summed E-state index contributed by atoms with van der Waals surface area (Å²) in [7, 11) is 0. The number of carbonyl (C=O) groups excluding carboxylic acids is 1. The summed E-state index contributed by atoms with van der Waals surface area (Å²) in [6, 6.07) is 2.16. The van der Waals surface area contributed by atoms with Crippen molar-refractivity contribution >= 4 is 17.3 Å². The monoisotopic (exact) mass is 277 g/mol. The van der Waals surface area contributed by atoms with Crippen LogP contribution < -0.4 is 0 Å². The average Bonchev–Trinajstić information content (AvgIpc) is 3.05. The summed E-state index contributed by atoms with van der Waals surface area (Å²) in [6.45, 7) is 2.09. The van der Waals surface area contributed by atoms with Crippen LogP contribution >= 0.6 is 11.3 Å². The van der Waals surface area contributed by atoms with Crippen molar-refractivity contribution in [2.24, 2.45) is 0 Å². The number of aromatic amines is 1. The van der Waals surface area contributed by atoms with Crippen molar-refractivity contribution in [3.8, 4) is 10.7 Å². The van der Waals surface area contributed by atoms with Gasteiger partial charge in [0.05, 0.1) is 11.5 Å². The van der Waals surface area contributed by atoms with Crippen molar-refractivity contribution < 1.29 is 9.53 Å². The number of aromatic nitrogens is 3. The van der Waals surface area contributed by atoms with Gasteiger partial charge < -0.3 is 4.74 Å². The van der Waals surface area contributed by atoms with Gasteiger partial charge in [-0.2, -0.15) is 0 Å². The third kappa shape index (κ3) is 2.40. The average molecular weight is 277 g/mol. The van der Waals surface area contributed by atoms with Crippen molar-refractivity contribution in [2.45, 2.75) is 32.6 Å². The Kier molecular flexibility index (Phi) is 3.33. The zero-order chi connectivity index (χ0) is 13.2. The number of hydrogen-bond donors (Lipinski definition) is 1. The number of carbonyl (C=O) groups is 1. The number of esters is 1. The normalized spacial score (nSPS) is 14.2. The van der Waals surface area contributed by atoms with Gasteiger partial charge in [0.25, 0.3) is 5.82 Å². The zero-order valence-electron chi connectivity index (χ0n) is 10.7. The maximum atomic E-state index is 11.5. The largest absolute Gasteiger partial charge is 0.460 e. The van der Waals surface area contributed by atoms with Gasteiger partial charge in [0.15, 0.2) is 5.82 Å². The van der Waals surface area contributed by atoms with E-state index in [-0.39, 0.29) is 5.82 Å². The van der Waals surface area contributed by atoms with Crippen LogP contribution in [0.25, 0.3) is 10.7 Å². The lowest BCUT2D eigenvalue weighted by Gasteiger charge is -2.08. The van der Waals surface area contributed by atoms with Crippen molar-refractivity contribution in [1.82, 2.24) is 15.2 Å². The third-order valence-corrected chi connectivity index (χ3v) is 4.42. The summed E-state index contributed by atoms with van der Waals surface area (Å²) >= 11 is 1.74. The lowest BCUT2D eigenvalue weighted by Crippen LogP contribution is -2.06. The van der Waals surface area contributed by atoms with Gasteiger partial charge >= 0.3 is 5.97 Å². The summed E-state index contributed by atoms with van der Waals surface area (Å²) in [5.41, 5.74) is 1.42. The molecule has 1 N–H and O–H groups in total. The predicted molar refractivity (Wildman–Crippen MR) is 72.3 cm³/mol.